The van der Waals surface area contributed by atoms with Crippen molar-refractivity contribution in [2.24, 2.45) is 0 Å². The van der Waals surface area contributed by atoms with Gasteiger partial charge in [-0.05, 0) is 49.2 Å². The fraction of sp³-hybridized carbons (Fsp3) is 0.148. The number of hydrogen-bond donors (Lipinski definition) is 1. The zero-order chi connectivity index (χ0) is 24.9. The number of fused-ring (bicyclic) bond motifs is 1. The summed E-state index contributed by atoms with van der Waals surface area (Å²) in [7, 11) is 0. The summed E-state index contributed by atoms with van der Waals surface area (Å²) in [5.74, 6) is -0.640. The lowest BCUT2D eigenvalue weighted by molar-refractivity contribution is -0.136. The van der Waals surface area contributed by atoms with Crippen LogP contribution in [-0.4, -0.2) is 18.1 Å². The first-order chi connectivity index (χ1) is 16.8. The minimum atomic E-state index is -0.983. The Morgan fingerprint density at radius 3 is 2.46 bits per heavy atom. The van der Waals surface area contributed by atoms with Gasteiger partial charge in [0.2, 0.25) is 5.43 Å². The van der Waals surface area contributed by atoms with Gasteiger partial charge in [0.05, 0.1) is 10.9 Å². The molecule has 7 nitrogen and oxygen atoms in total. The first-order valence-electron chi connectivity index (χ1n) is 10.8. The van der Waals surface area contributed by atoms with Crippen molar-refractivity contribution >= 4 is 23.0 Å². The maximum Gasteiger partial charge on any atom is 0.408 e. The van der Waals surface area contributed by atoms with Crippen LogP contribution in [0.5, 0.6) is 5.75 Å². The van der Waals surface area contributed by atoms with Crippen molar-refractivity contribution in [1.29, 1.82) is 0 Å². The molecule has 1 heterocycles. The molecular weight excluding hydrogens is 453 g/mol. The van der Waals surface area contributed by atoms with Gasteiger partial charge in [-0.25, -0.2) is 14.0 Å². The van der Waals surface area contributed by atoms with Crippen LogP contribution in [0.15, 0.2) is 82.0 Å². The van der Waals surface area contributed by atoms with Gasteiger partial charge in [0.1, 0.15) is 35.6 Å². The molecule has 0 radical (unpaired) electrons. The predicted molar refractivity (Wildman–Crippen MR) is 127 cm³/mol. The maximum absolute atomic E-state index is 13.3. The van der Waals surface area contributed by atoms with Gasteiger partial charge in [-0.1, -0.05) is 42.5 Å². The van der Waals surface area contributed by atoms with Crippen molar-refractivity contribution < 1.29 is 27.9 Å². The number of esters is 1. The van der Waals surface area contributed by atoms with Crippen LogP contribution in [0.25, 0.3) is 22.1 Å². The lowest BCUT2D eigenvalue weighted by Crippen LogP contribution is -2.41. The molecule has 0 aliphatic rings. The van der Waals surface area contributed by atoms with Crippen molar-refractivity contribution in [3.05, 3.63) is 100 Å². The van der Waals surface area contributed by atoms with Crippen LogP contribution in [0.4, 0.5) is 9.18 Å². The number of amides is 1. The molecule has 1 atom stereocenters. The predicted octanol–water partition coefficient (Wildman–Crippen LogP) is 5.13. The van der Waals surface area contributed by atoms with Gasteiger partial charge >= 0.3 is 12.1 Å². The standard InChI is InChI=1S/C27H22FNO6/c1-16(29-27(32)33-15-18-6-4-3-5-7-18)26(31)35-21-12-13-22-23(14-21)34-17(2)24(25(22)30)19-8-10-20(28)11-9-19/h3-14,16H,15H2,1-2H3,(H,29,32)/t16-/m1/s1. The van der Waals surface area contributed by atoms with E-state index in [1.54, 1.807) is 6.92 Å². The molecule has 8 heteroatoms. The summed E-state index contributed by atoms with van der Waals surface area (Å²) in [6.07, 6.45) is -0.758. The molecule has 0 aliphatic carbocycles. The molecule has 1 N–H and O–H groups in total. The molecule has 178 valence electrons. The van der Waals surface area contributed by atoms with Crippen LogP contribution in [0.2, 0.25) is 0 Å². The van der Waals surface area contributed by atoms with Gasteiger partial charge < -0.3 is 19.2 Å². The Balaban J connectivity index is 1.44. The van der Waals surface area contributed by atoms with E-state index >= 15 is 0 Å². The highest BCUT2D eigenvalue weighted by Crippen LogP contribution is 2.26. The molecule has 4 rings (SSSR count). The minimum Gasteiger partial charge on any atom is -0.460 e. The molecule has 0 aliphatic heterocycles. The first kappa shape index (κ1) is 23.7. The van der Waals surface area contributed by atoms with E-state index in [9.17, 15) is 18.8 Å². The van der Waals surface area contributed by atoms with E-state index in [4.69, 9.17) is 13.9 Å². The van der Waals surface area contributed by atoms with E-state index in [0.717, 1.165) is 5.56 Å². The van der Waals surface area contributed by atoms with Crippen LogP contribution in [-0.2, 0) is 16.1 Å². The molecule has 0 unspecified atom stereocenters. The highest BCUT2D eigenvalue weighted by molar-refractivity contribution is 5.86. The third kappa shape index (κ3) is 5.55. The SMILES string of the molecule is Cc1oc2cc(OC(=O)[C@@H](C)NC(=O)OCc3ccccc3)ccc2c(=O)c1-c1ccc(F)cc1. The lowest BCUT2D eigenvalue weighted by Gasteiger charge is -2.14. The highest BCUT2D eigenvalue weighted by Gasteiger charge is 2.20. The minimum absolute atomic E-state index is 0.0669. The van der Waals surface area contributed by atoms with E-state index in [0.29, 0.717) is 16.9 Å². The number of rotatable bonds is 6. The number of ether oxygens (including phenoxy) is 2. The fourth-order valence-electron chi connectivity index (χ4n) is 3.50. The molecule has 1 aromatic heterocycles. The van der Waals surface area contributed by atoms with Crippen LogP contribution < -0.4 is 15.5 Å². The van der Waals surface area contributed by atoms with E-state index in [-0.39, 0.29) is 28.8 Å². The smallest absolute Gasteiger partial charge is 0.408 e. The van der Waals surface area contributed by atoms with Gasteiger partial charge in [-0.15, -0.1) is 0 Å². The van der Waals surface area contributed by atoms with Crippen molar-refractivity contribution in [2.45, 2.75) is 26.5 Å². The molecule has 1 amide bonds. The molecular formula is C27H22FNO6. The summed E-state index contributed by atoms with van der Waals surface area (Å²) in [6, 6.07) is 18.1. The Morgan fingerprint density at radius 2 is 1.74 bits per heavy atom. The summed E-state index contributed by atoms with van der Waals surface area (Å²) in [4.78, 5) is 37.5. The van der Waals surface area contributed by atoms with Gasteiger partial charge in [0.15, 0.2) is 0 Å². The number of hydrogen-bond acceptors (Lipinski definition) is 6. The topological polar surface area (TPSA) is 94.8 Å². The summed E-state index contributed by atoms with van der Waals surface area (Å²) in [6.45, 7) is 3.16. The van der Waals surface area contributed by atoms with Crippen molar-refractivity contribution in [3.8, 4) is 16.9 Å². The third-order valence-corrected chi connectivity index (χ3v) is 5.29. The quantitative estimate of drug-likeness (QED) is 0.307. The van der Waals surface area contributed by atoms with E-state index in [1.807, 2.05) is 30.3 Å². The molecule has 3 aromatic carbocycles. The van der Waals surface area contributed by atoms with Crippen molar-refractivity contribution in [3.63, 3.8) is 0 Å². The third-order valence-electron chi connectivity index (χ3n) is 5.29. The Hall–Kier alpha value is -4.46. The average Bonchev–Trinajstić information content (AvgIpc) is 2.84. The fourth-order valence-corrected chi connectivity index (χ4v) is 3.50. The number of aryl methyl sites for hydroxylation is 1. The second kappa shape index (κ2) is 10.2. The number of carbonyl (C=O) groups is 2. The summed E-state index contributed by atoms with van der Waals surface area (Å²) >= 11 is 0. The van der Waals surface area contributed by atoms with Crippen LogP contribution in [0, 0.1) is 12.7 Å². The zero-order valence-electron chi connectivity index (χ0n) is 19.0. The van der Waals surface area contributed by atoms with Crippen molar-refractivity contribution in [1.82, 2.24) is 5.32 Å². The zero-order valence-corrected chi connectivity index (χ0v) is 19.0. The van der Waals surface area contributed by atoms with Crippen LogP contribution in [0.1, 0.15) is 18.2 Å². The van der Waals surface area contributed by atoms with Gasteiger partial charge in [0, 0.05) is 6.07 Å². The molecule has 35 heavy (non-hydrogen) atoms. The summed E-state index contributed by atoms with van der Waals surface area (Å²) in [5, 5.41) is 2.70. The summed E-state index contributed by atoms with van der Waals surface area (Å²) < 4.78 is 29.5. The number of alkyl carbamates (subject to hydrolysis) is 1. The van der Waals surface area contributed by atoms with E-state index in [2.05, 4.69) is 5.32 Å². The molecule has 4 aromatic rings. The monoisotopic (exact) mass is 475 g/mol. The Kier molecular flexibility index (Phi) is 6.91. The Bertz CT molecular complexity index is 1430. The van der Waals surface area contributed by atoms with E-state index in [1.165, 1.54) is 49.4 Å². The van der Waals surface area contributed by atoms with E-state index < -0.39 is 23.9 Å². The van der Waals surface area contributed by atoms with Gasteiger partial charge in [-0.3, -0.25) is 4.79 Å². The maximum atomic E-state index is 13.3. The average molecular weight is 475 g/mol. The normalized spacial score (nSPS) is 11.6. The van der Waals surface area contributed by atoms with Crippen LogP contribution >= 0.6 is 0 Å². The number of halogens is 1. The highest BCUT2D eigenvalue weighted by atomic mass is 19.1. The number of benzene rings is 3. The molecule has 0 spiro atoms. The van der Waals surface area contributed by atoms with Gasteiger partial charge in [-0.2, -0.15) is 0 Å². The molecule has 0 fully saturated rings. The van der Waals surface area contributed by atoms with Gasteiger partial charge in [0.25, 0.3) is 0 Å². The second-order valence-corrected chi connectivity index (χ2v) is 7.88. The van der Waals surface area contributed by atoms with Crippen LogP contribution in [0.3, 0.4) is 0 Å². The number of nitrogens with one attached hydrogen (secondary N) is 1. The Morgan fingerprint density at radius 1 is 1.03 bits per heavy atom. The number of carbonyl (C=O) groups excluding carboxylic acids is 2. The Labute approximate surface area is 200 Å². The lowest BCUT2D eigenvalue weighted by atomic mass is 10.0. The molecule has 0 saturated carbocycles. The summed E-state index contributed by atoms with van der Waals surface area (Å²) in [5.41, 5.74) is 1.62. The molecule has 0 saturated heterocycles. The largest absolute Gasteiger partial charge is 0.460 e. The molecule has 0 bridgehead atoms. The first-order valence-corrected chi connectivity index (χ1v) is 10.8. The van der Waals surface area contributed by atoms with Crippen molar-refractivity contribution in [2.75, 3.05) is 0 Å². The second-order valence-electron chi connectivity index (χ2n) is 7.88.